The number of hydrogen-bond acceptors (Lipinski definition) is 3. The molecule has 3 nitrogen and oxygen atoms in total. The molecule has 0 bridgehead atoms. The molecule has 0 aromatic rings. The average molecular weight is 429 g/mol. The number of hydrogen-bond donors (Lipinski definition) is 0. The molecule has 0 aromatic heterocycles. The molecule has 3 heteroatoms. The van der Waals surface area contributed by atoms with Crippen molar-refractivity contribution in [1.82, 2.24) is 0 Å². The lowest BCUT2D eigenvalue weighted by molar-refractivity contribution is -0.164. The molecule has 0 amide bonds. The summed E-state index contributed by atoms with van der Waals surface area (Å²) in [6.45, 7) is 6.85. The third kappa shape index (κ3) is 3.70. The minimum absolute atomic E-state index is 0.0730. The van der Waals surface area contributed by atoms with Crippen molar-refractivity contribution in [3.63, 3.8) is 0 Å². The summed E-state index contributed by atoms with van der Waals surface area (Å²) < 4.78 is 6.03. The van der Waals surface area contributed by atoms with E-state index in [9.17, 15) is 9.59 Å². The second-order valence-corrected chi connectivity index (χ2v) is 12.7. The highest BCUT2D eigenvalue weighted by Crippen LogP contribution is 2.67. The first-order chi connectivity index (χ1) is 14.8. The number of ether oxygens (including phenoxy) is 1. The lowest BCUT2D eigenvalue weighted by Gasteiger charge is -2.61. The van der Waals surface area contributed by atoms with Crippen molar-refractivity contribution >= 4 is 11.8 Å². The summed E-state index contributed by atoms with van der Waals surface area (Å²) in [4.78, 5) is 24.9. The first-order valence-electron chi connectivity index (χ1n) is 13.5. The van der Waals surface area contributed by atoms with E-state index in [4.69, 9.17) is 4.74 Å². The van der Waals surface area contributed by atoms with Gasteiger partial charge in [-0.25, -0.2) is 0 Å². The van der Waals surface area contributed by atoms with E-state index >= 15 is 0 Å². The summed E-state index contributed by atoms with van der Waals surface area (Å²) in [6, 6.07) is 0. The fourth-order valence-electron chi connectivity index (χ4n) is 9.68. The number of fused-ring (bicyclic) bond motifs is 5. The first-order valence-corrected chi connectivity index (χ1v) is 13.5. The van der Waals surface area contributed by atoms with E-state index < -0.39 is 0 Å². The lowest BCUT2D eigenvalue weighted by Crippen LogP contribution is -2.54. The van der Waals surface area contributed by atoms with Crippen molar-refractivity contribution in [1.29, 1.82) is 0 Å². The standard InChI is InChI=1S/C28H44O3/c1-18(29)23-10-11-24-22-9-8-20-17-21(31-26(30)16-19-6-4-5-7-19)12-14-27(20,2)25(22)13-15-28(23,24)3/h19-25H,4-17H2,1-3H3/t20-,21+,22-,23+,24-,25-,27-,28+/m0/s1. The highest BCUT2D eigenvalue weighted by molar-refractivity contribution is 5.79. The molecule has 5 fully saturated rings. The van der Waals surface area contributed by atoms with Crippen LogP contribution >= 0.6 is 0 Å². The van der Waals surface area contributed by atoms with E-state index in [1.807, 2.05) is 6.92 Å². The van der Waals surface area contributed by atoms with Gasteiger partial charge in [-0.1, -0.05) is 26.7 Å². The Morgan fingerprint density at radius 1 is 0.839 bits per heavy atom. The molecule has 8 atom stereocenters. The number of carbonyl (C=O) groups excluding carboxylic acids is 2. The number of ketones is 1. The molecule has 0 heterocycles. The monoisotopic (exact) mass is 428 g/mol. The fourth-order valence-corrected chi connectivity index (χ4v) is 9.68. The normalized spacial score (nSPS) is 47.3. The fraction of sp³-hybridized carbons (Fsp3) is 0.929. The topological polar surface area (TPSA) is 43.4 Å². The van der Waals surface area contributed by atoms with Gasteiger partial charge in [0.1, 0.15) is 11.9 Å². The summed E-state index contributed by atoms with van der Waals surface area (Å²) >= 11 is 0. The number of Topliss-reactive ketones (excluding diaryl/α,β-unsaturated/α-hetero) is 1. The molecule has 174 valence electrons. The van der Waals surface area contributed by atoms with Gasteiger partial charge < -0.3 is 4.74 Å². The molecule has 0 radical (unpaired) electrons. The van der Waals surface area contributed by atoms with E-state index in [-0.39, 0.29) is 17.5 Å². The predicted octanol–water partition coefficient (Wildman–Crippen LogP) is 6.73. The molecule has 0 aliphatic heterocycles. The van der Waals surface area contributed by atoms with Gasteiger partial charge >= 0.3 is 5.97 Å². The van der Waals surface area contributed by atoms with Gasteiger partial charge in [0.25, 0.3) is 0 Å². The molecule has 0 N–H and O–H groups in total. The quantitative estimate of drug-likeness (QED) is 0.466. The van der Waals surface area contributed by atoms with E-state index in [1.165, 1.54) is 64.2 Å². The maximum Gasteiger partial charge on any atom is 0.306 e. The third-order valence-electron chi connectivity index (χ3n) is 11.3. The molecular weight excluding hydrogens is 384 g/mol. The lowest BCUT2D eigenvalue weighted by atomic mass is 9.44. The zero-order chi connectivity index (χ0) is 21.8. The Labute approximate surface area is 189 Å². The van der Waals surface area contributed by atoms with Crippen LogP contribution in [0.4, 0.5) is 0 Å². The van der Waals surface area contributed by atoms with Crippen LogP contribution in [0, 0.1) is 46.3 Å². The zero-order valence-corrected chi connectivity index (χ0v) is 20.2. The largest absolute Gasteiger partial charge is 0.462 e. The van der Waals surface area contributed by atoms with Gasteiger partial charge in [0.2, 0.25) is 0 Å². The summed E-state index contributed by atoms with van der Waals surface area (Å²) in [5.74, 6) is 4.47. The van der Waals surface area contributed by atoms with Crippen molar-refractivity contribution in [2.24, 2.45) is 46.3 Å². The Kier molecular flexibility index (Phi) is 5.79. The van der Waals surface area contributed by atoms with Crippen LogP contribution in [-0.4, -0.2) is 17.9 Å². The van der Waals surface area contributed by atoms with Crippen molar-refractivity contribution in [2.75, 3.05) is 0 Å². The summed E-state index contributed by atoms with van der Waals surface area (Å²) in [5, 5.41) is 0. The van der Waals surface area contributed by atoms with Crippen molar-refractivity contribution in [3.05, 3.63) is 0 Å². The molecule has 31 heavy (non-hydrogen) atoms. The average Bonchev–Trinajstić information content (AvgIpc) is 3.35. The Bertz CT molecular complexity index is 709. The molecule has 5 rings (SSSR count). The number of esters is 1. The van der Waals surface area contributed by atoms with Crippen LogP contribution in [0.2, 0.25) is 0 Å². The van der Waals surface area contributed by atoms with Crippen LogP contribution in [-0.2, 0) is 14.3 Å². The molecule has 0 unspecified atom stereocenters. The van der Waals surface area contributed by atoms with Crippen molar-refractivity contribution < 1.29 is 14.3 Å². The van der Waals surface area contributed by atoms with E-state index in [0.717, 1.165) is 37.0 Å². The summed E-state index contributed by atoms with van der Waals surface area (Å²) in [7, 11) is 0. The van der Waals surface area contributed by atoms with Gasteiger partial charge in [-0.05, 0) is 118 Å². The molecule has 5 saturated carbocycles. The minimum Gasteiger partial charge on any atom is -0.462 e. The molecule has 0 spiro atoms. The number of carbonyl (C=O) groups is 2. The van der Waals surface area contributed by atoms with E-state index in [2.05, 4.69) is 13.8 Å². The van der Waals surface area contributed by atoms with Crippen molar-refractivity contribution in [3.8, 4) is 0 Å². The van der Waals surface area contributed by atoms with Gasteiger partial charge in [-0.15, -0.1) is 0 Å². The maximum atomic E-state index is 12.5. The Morgan fingerprint density at radius 3 is 2.29 bits per heavy atom. The summed E-state index contributed by atoms with van der Waals surface area (Å²) in [5.41, 5.74) is 0.663. The zero-order valence-electron chi connectivity index (χ0n) is 20.2. The van der Waals surface area contributed by atoms with Gasteiger partial charge in [0.15, 0.2) is 0 Å². The SMILES string of the molecule is CC(=O)[C@H]1CC[C@H]2[C@@H]3CC[C@H]4C[C@H](OC(=O)CC5CCCC5)CC[C@]4(C)[C@H]3CC[C@]12C. The second-order valence-electron chi connectivity index (χ2n) is 12.7. The Hall–Kier alpha value is -0.860. The van der Waals surface area contributed by atoms with Gasteiger partial charge in [-0.3, -0.25) is 9.59 Å². The first kappa shape index (κ1) is 22.0. The third-order valence-corrected chi connectivity index (χ3v) is 11.3. The smallest absolute Gasteiger partial charge is 0.306 e. The molecule has 0 saturated heterocycles. The van der Waals surface area contributed by atoms with Crippen LogP contribution < -0.4 is 0 Å². The minimum atomic E-state index is 0.0730. The predicted molar refractivity (Wildman–Crippen MR) is 122 cm³/mol. The van der Waals surface area contributed by atoms with E-state index in [0.29, 0.717) is 35.4 Å². The number of rotatable bonds is 4. The summed E-state index contributed by atoms with van der Waals surface area (Å²) in [6.07, 6.45) is 16.8. The van der Waals surface area contributed by atoms with Crippen LogP contribution in [0.25, 0.3) is 0 Å². The van der Waals surface area contributed by atoms with Crippen LogP contribution in [0.3, 0.4) is 0 Å². The van der Waals surface area contributed by atoms with Crippen LogP contribution in [0.1, 0.15) is 111 Å². The second kappa shape index (κ2) is 8.17. The highest BCUT2D eigenvalue weighted by atomic mass is 16.5. The highest BCUT2D eigenvalue weighted by Gasteiger charge is 2.60. The maximum absolute atomic E-state index is 12.5. The van der Waals surface area contributed by atoms with Crippen LogP contribution in [0.15, 0.2) is 0 Å². The van der Waals surface area contributed by atoms with Crippen LogP contribution in [0.5, 0.6) is 0 Å². The molecule has 0 aromatic carbocycles. The molecule has 5 aliphatic rings. The molecule has 5 aliphatic carbocycles. The van der Waals surface area contributed by atoms with Gasteiger partial charge in [0, 0.05) is 12.3 Å². The van der Waals surface area contributed by atoms with E-state index in [1.54, 1.807) is 0 Å². The molecular formula is C28H44O3. The Morgan fingerprint density at radius 2 is 1.55 bits per heavy atom. The Balaban J connectivity index is 1.23. The van der Waals surface area contributed by atoms with Crippen molar-refractivity contribution in [2.45, 2.75) is 117 Å². The van der Waals surface area contributed by atoms with Gasteiger partial charge in [-0.2, -0.15) is 0 Å². The van der Waals surface area contributed by atoms with Gasteiger partial charge in [0.05, 0.1) is 0 Å².